The zero-order valence-electron chi connectivity index (χ0n) is 24.3. The van der Waals surface area contributed by atoms with Crippen LogP contribution in [0.3, 0.4) is 0 Å². The van der Waals surface area contributed by atoms with Gasteiger partial charge < -0.3 is 20.7 Å². The van der Waals surface area contributed by atoms with Crippen molar-refractivity contribution in [2.24, 2.45) is 17.8 Å². The Morgan fingerprint density at radius 1 is 0.947 bits per heavy atom. The number of nitrogens with one attached hydrogen (secondary N) is 3. The van der Waals surface area contributed by atoms with Gasteiger partial charge in [-0.3, -0.25) is 9.59 Å². The molecule has 2 amide bonds. The third kappa shape index (κ3) is 10.1. The third-order valence-electron chi connectivity index (χ3n) is 5.93. The Morgan fingerprint density at radius 2 is 1.61 bits per heavy atom. The lowest BCUT2D eigenvalue weighted by atomic mass is 9.93. The van der Waals surface area contributed by atoms with Crippen molar-refractivity contribution in [1.82, 2.24) is 5.32 Å². The molecule has 1 heterocycles. The molecule has 0 saturated heterocycles. The second-order valence-corrected chi connectivity index (χ2v) is 12.9. The highest BCUT2D eigenvalue weighted by Gasteiger charge is 2.28. The van der Waals surface area contributed by atoms with E-state index in [1.165, 1.54) is 11.3 Å². The Bertz CT molecular complexity index is 1060. The molecule has 0 bridgehead atoms. The van der Waals surface area contributed by atoms with Crippen molar-refractivity contribution >= 4 is 40.5 Å². The fraction of sp³-hybridized carbons (Fsp3) is 0.567. The molecular formula is C30H45N3O4S. The van der Waals surface area contributed by atoms with Crippen molar-refractivity contribution in [1.29, 1.82) is 0 Å². The van der Waals surface area contributed by atoms with Crippen molar-refractivity contribution < 1.29 is 19.1 Å². The molecule has 0 spiro atoms. The third-order valence-corrected chi connectivity index (χ3v) is 6.81. The molecule has 0 radical (unpaired) electrons. The summed E-state index contributed by atoms with van der Waals surface area (Å²) in [4.78, 5) is 40.0. The summed E-state index contributed by atoms with van der Waals surface area (Å²) in [6.45, 7) is 18.0. The predicted octanol–water partition coefficient (Wildman–Crippen LogP) is 6.51. The minimum atomic E-state index is -0.775. The molecule has 8 heteroatoms. The fourth-order valence-corrected chi connectivity index (χ4v) is 4.97. The van der Waals surface area contributed by atoms with Crippen molar-refractivity contribution in [2.75, 3.05) is 10.6 Å². The summed E-state index contributed by atoms with van der Waals surface area (Å²) in [7, 11) is 0. The number of hydrogen-bond acceptors (Lipinski definition) is 6. The van der Waals surface area contributed by atoms with Crippen LogP contribution in [0.25, 0.3) is 0 Å². The summed E-state index contributed by atoms with van der Waals surface area (Å²) >= 11 is 1.53. The summed E-state index contributed by atoms with van der Waals surface area (Å²) < 4.78 is 5.55. The number of ether oxygens (including phenoxy) is 1. The highest BCUT2D eigenvalue weighted by molar-refractivity contribution is 7.10. The number of esters is 1. The Morgan fingerprint density at radius 3 is 2.13 bits per heavy atom. The van der Waals surface area contributed by atoms with Crippen LogP contribution in [0.15, 0.2) is 35.7 Å². The van der Waals surface area contributed by atoms with Gasteiger partial charge in [-0.1, -0.05) is 47.6 Å². The van der Waals surface area contributed by atoms with Crippen molar-refractivity contribution in [3.8, 4) is 0 Å². The first-order valence-electron chi connectivity index (χ1n) is 13.4. The van der Waals surface area contributed by atoms with E-state index in [4.69, 9.17) is 4.74 Å². The molecule has 1 atom stereocenters. The molecule has 2 aromatic rings. The van der Waals surface area contributed by atoms with Gasteiger partial charge in [0.05, 0.1) is 17.8 Å². The Kier molecular flexibility index (Phi) is 11.4. The molecule has 210 valence electrons. The largest absolute Gasteiger partial charge is 0.458 e. The van der Waals surface area contributed by atoms with Crippen LogP contribution in [0.5, 0.6) is 0 Å². The summed E-state index contributed by atoms with van der Waals surface area (Å²) in [5.41, 5.74) is 0.973. The number of amides is 2. The van der Waals surface area contributed by atoms with Crippen LogP contribution in [-0.2, 0) is 20.7 Å². The maximum Gasteiger partial charge on any atom is 0.329 e. The monoisotopic (exact) mass is 543 g/mol. The van der Waals surface area contributed by atoms with E-state index in [1.807, 2.05) is 37.4 Å². The second kappa shape index (κ2) is 13.8. The van der Waals surface area contributed by atoms with Crippen LogP contribution in [-0.4, -0.2) is 35.5 Å². The van der Waals surface area contributed by atoms with Gasteiger partial charge in [-0.05, 0) is 74.6 Å². The van der Waals surface area contributed by atoms with Gasteiger partial charge in [-0.2, -0.15) is 0 Å². The number of anilines is 2. The van der Waals surface area contributed by atoms with E-state index in [2.05, 4.69) is 43.6 Å². The van der Waals surface area contributed by atoms with Gasteiger partial charge >= 0.3 is 5.97 Å². The Balaban J connectivity index is 2.34. The van der Waals surface area contributed by atoms with Gasteiger partial charge in [0.25, 0.3) is 5.91 Å². The zero-order valence-corrected chi connectivity index (χ0v) is 25.1. The molecule has 1 aromatic carbocycles. The lowest BCUT2D eigenvalue weighted by molar-refractivity contribution is -0.157. The average Bonchev–Trinajstić information content (AvgIpc) is 3.28. The van der Waals surface area contributed by atoms with Gasteiger partial charge in [0.15, 0.2) is 0 Å². The standard InChI is InChI=1S/C30H45N3O4S/c1-18(2)15-25(29(36)37-30(7,8)9)33-28(35)21-12-13-23(32-27(19(3)4)20(5)6)24(16-21)31-26(34)17-22-11-10-14-38-22/h10-14,16,18-20,25,27,32H,15,17H2,1-9H3,(H,31,34)(H,33,35). The Hall–Kier alpha value is -2.87. The van der Waals surface area contributed by atoms with E-state index in [9.17, 15) is 14.4 Å². The molecule has 0 aliphatic rings. The van der Waals surface area contributed by atoms with Gasteiger partial charge in [-0.15, -0.1) is 11.3 Å². The molecular weight excluding hydrogens is 498 g/mol. The number of carbonyl (C=O) groups is 3. The molecule has 7 nitrogen and oxygen atoms in total. The summed E-state index contributed by atoms with van der Waals surface area (Å²) in [6.07, 6.45) is 0.704. The molecule has 38 heavy (non-hydrogen) atoms. The van der Waals surface area contributed by atoms with E-state index < -0.39 is 23.5 Å². The number of thiophene rings is 1. The van der Waals surface area contributed by atoms with Crippen LogP contribution < -0.4 is 16.0 Å². The molecule has 0 aliphatic carbocycles. The first-order chi connectivity index (χ1) is 17.7. The van der Waals surface area contributed by atoms with Gasteiger partial charge in [0.2, 0.25) is 5.91 Å². The first-order valence-corrected chi connectivity index (χ1v) is 14.3. The van der Waals surface area contributed by atoms with E-state index in [0.29, 0.717) is 29.5 Å². The number of rotatable bonds is 12. The smallest absolute Gasteiger partial charge is 0.329 e. The molecule has 0 saturated carbocycles. The molecule has 1 unspecified atom stereocenters. The van der Waals surface area contributed by atoms with Crippen LogP contribution in [0.1, 0.15) is 84.0 Å². The number of carbonyl (C=O) groups excluding carboxylic acids is 3. The number of hydrogen-bond donors (Lipinski definition) is 3. The highest BCUT2D eigenvalue weighted by Crippen LogP contribution is 2.28. The Labute approximate surface area is 232 Å². The van der Waals surface area contributed by atoms with Gasteiger partial charge in [-0.25, -0.2) is 4.79 Å². The minimum Gasteiger partial charge on any atom is -0.458 e. The normalized spacial score (nSPS) is 12.7. The minimum absolute atomic E-state index is 0.162. The quantitative estimate of drug-likeness (QED) is 0.265. The fourth-order valence-electron chi connectivity index (χ4n) is 4.26. The maximum absolute atomic E-state index is 13.3. The SMILES string of the molecule is CC(C)CC(NC(=O)c1ccc(NC(C(C)C)C(C)C)c(NC(=O)Cc2cccs2)c1)C(=O)OC(C)(C)C. The topological polar surface area (TPSA) is 96.5 Å². The van der Waals surface area contributed by atoms with Gasteiger partial charge in [0.1, 0.15) is 11.6 Å². The lowest BCUT2D eigenvalue weighted by Gasteiger charge is -2.28. The molecule has 2 rings (SSSR count). The van der Waals surface area contributed by atoms with E-state index in [-0.39, 0.29) is 24.3 Å². The van der Waals surface area contributed by atoms with E-state index >= 15 is 0 Å². The first kappa shape index (κ1) is 31.3. The number of benzene rings is 1. The molecule has 0 fully saturated rings. The van der Waals surface area contributed by atoms with Crippen LogP contribution in [0.4, 0.5) is 11.4 Å². The lowest BCUT2D eigenvalue weighted by Crippen LogP contribution is -2.45. The summed E-state index contributed by atoms with van der Waals surface area (Å²) in [6, 6.07) is 8.44. The van der Waals surface area contributed by atoms with Crippen LogP contribution >= 0.6 is 11.3 Å². The average molecular weight is 544 g/mol. The van der Waals surface area contributed by atoms with Gasteiger partial charge in [0, 0.05) is 16.5 Å². The summed E-state index contributed by atoms with van der Waals surface area (Å²) in [5, 5.41) is 11.4. The molecule has 3 N–H and O–H groups in total. The van der Waals surface area contributed by atoms with Crippen LogP contribution in [0, 0.1) is 17.8 Å². The maximum atomic E-state index is 13.3. The van der Waals surface area contributed by atoms with Crippen LogP contribution in [0.2, 0.25) is 0 Å². The highest BCUT2D eigenvalue weighted by atomic mass is 32.1. The molecule has 1 aromatic heterocycles. The predicted molar refractivity (Wildman–Crippen MR) is 157 cm³/mol. The van der Waals surface area contributed by atoms with E-state index in [0.717, 1.165) is 10.6 Å². The summed E-state index contributed by atoms with van der Waals surface area (Å²) in [5.74, 6) is -0.123. The second-order valence-electron chi connectivity index (χ2n) is 11.9. The van der Waals surface area contributed by atoms with Crippen molar-refractivity contribution in [3.05, 3.63) is 46.2 Å². The van der Waals surface area contributed by atoms with Crippen molar-refractivity contribution in [2.45, 2.75) is 92.8 Å². The molecule has 0 aliphatic heterocycles. The van der Waals surface area contributed by atoms with Crippen molar-refractivity contribution in [3.63, 3.8) is 0 Å². The van der Waals surface area contributed by atoms with E-state index in [1.54, 1.807) is 32.9 Å². The zero-order chi connectivity index (χ0) is 28.6.